The molecule has 1 unspecified atom stereocenters. The van der Waals surface area contributed by atoms with Crippen molar-refractivity contribution < 1.29 is 4.79 Å². The lowest BCUT2D eigenvalue weighted by Gasteiger charge is -2.26. The number of carbonyl (C=O) groups is 1. The van der Waals surface area contributed by atoms with Crippen molar-refractivity contribution in [3.8, 4) is 0 Å². The van der Waals surface area contributed by atoms with Crippen molar-refractivity contribution in [1.29, 1.82) is 0 Å². The number of rotatable bonds is 10. The highest BCUT2D eigenvalue weighted by Crippen LogP contribution is 2.23. The molecule has 0 spiro atoms. The van der Waals surface area contributed by atoms with Gasteiger partial charge in [0, 0.05) is 29.7 Å². The standard InChI is InChI=1S/C31H35N3O/c1-23-13-15-26(16-14-23)31(35)34(18-8-17-32)22-24(2)19-30-28(20-25-9-4-3-5-10-25)21-27-11-6-7-12-29(27)33-30/h3-7,9-16,21,24H,8,17-20,22,32H2,1-2H3. The molecule has 1 amide bonds. The first-order chi connectivity index (χ1) is 17.0. The van der Waals surface area contributed by atoms with Crippen LogP contribution in [0.3, 0.4) is 0 Å². The summed E-state index contributed by atoms with van der Waals surface area (Å²) in [6.45, 7) is 6.15. The van der Waals surface area contributed by atoms with Crippen LogP contribution in [0.15, 0.2) is 84.9 Å². The van der Waals surface area contributed by atoms with Crippen molar-refractivity contribution in [2.75, 3.05) is 19.6 Å². The first kappa shape index (κ1) is 24.6. The zero-order valence-corrected chi connectivity index (χ0v) is 20.8. The number of hydrogen-bond donors (Lipinski definition) is 1. The largest absolute Gasteiger partial charge is 0.338 e. The van der Waals surface area contributed by atoms with Crippen molar-refractivity contribution in [3.63, 3.8) is 0 Å². The van der Waals surface area contributed by atoms with Gasteiger partial charge in [-0.3, -0.25) is 9.78 Å². The number of para-hydroxylation sites is 1. The van der Waals surface area contributed by atoms with Crippen LogP contribution < -0.4 is 5.73 Å². The minimum atomic E-state index is 0.0706. The van der Waals surface area contributed by atoms with E-state index in [9.17, 15) is 4.79 Å². The summed E-state index contributed by atoms with van der Waals surface area (Å²) in [4.78, 5) is 20.3. The summed E-state index contributed by atoms with van der Waals surface area (Å²) in [5, 5.41) is 1.16. The third kappa shape index (κ3) is 6.55. The van der Waals surface area contributed by atoms with E-state index in [-0.39, 0.29) is 11.8 Å². The summed E-state index contributed by atoms with van der Waals surface area (Å²) >= 11 is 0. The molecule has 0 aliphatic rings. The lowest BCUT2D eigenvalue weighted by atomic mass is 9.95. The van der Waals surface area contributed by atoms with E-state index in [0.29, 0.717) is 19.6 Å². The minimum Gasteiger partial charge on any atom is -0.338 e. The Bertz CT molecular complexity index is 1250. The van der Waals surface area contributed by atoms with Gasteiger partial charge < -0.3 is 10.6 Å². The monoisotopic (exact) mass is 465 g/mol. The molecule has 0 aliphatic carbocycles. The molecule has 4 nitrogen and oxygen atoms in total. The maximum absolute atomic E-state index is 13.3. The minimum absolute atomic E-state index is 0.0706. The predicted octanol–water partition coefficient (Wildman–Crippen LogP) is 5.80. The van der Waals surface area contributed by atoms with Gasteiger partial charge in [0.2, 0.25) is 0 Å². The summed E-state index contributed by atoms with van der Waals surface area (Å²) in [5.41, 5.74) is 12.3. The molecule has 2 N–H and O–H groups in total. The van der Waals surface area contributed by atoms with E-state index >= 15 is 0 Å². The van der Waals surface area contributed by atoms with Gasteiger partial charge in [-0.25, -0.2) is 0 Å². The zero-order chi connectivity index (χ0) is 24.6. The average molecular weight is 466 g/mol. The van der Waals surface area contributed by atoms with Crippen LogP contribution in [0.1, 0.15) is 46.1 Å². The molecule has 1 atom stereocenters. The van der Waals surface area contributed by atoms with Crippen LogP contribution >= 0.6 is 0 Å². The van der Waals surface area contributed by atoms with E-state index in [1.165, 1.54) is 11.1 Å². The van der Waals surface area contributed by atoms with E-state index in [1.54, 1.807) is 0 Å². The lowest BCUT2D eigenvalue weighted by Crippen LogP contribution is -2.37. The van der Waals surface area contributed by atoms with Gasteiger partial charge in [0.1, 0.15) is 0 Å². The van der Waals surface area contributed by atoms with Crippen LogP contribution in [0, 0.1) is 12.8 Å². The van der Waals surface area contributed by atoms with Crippen LogP contribution in [0.5, 0.6) is 0 Å². The molecule has 0 aliphatic heterocycles. The molecular weight excluding hydrogens is 430 g/mol. The Morgan fingerprint density at radius 3 is 2.43 bits per heavy atom. The van der Waals surface area contributed by atoms with E-state index in [4.69, 9.17) is 10.7 Å². The quantitative estimate of drug-likeness (QED) is 0.322. The van der Waals surface area contributed by atoms with Gasteiger partial charge >= 0.3 is 0 Å². The molecule has 0 radical (unpaired) electrons. The fraction of sp³-hybridized carbons (Fsp3) is 0.290. The molecule has 0 saturated carbocycles. The molecule has 35 heavy (non-hydrogen) atoms. The van der Waals surface area contributed by atoms with Gasteiger partial charge in [-0.1, -0.05) is 73.2 Å². The highest BCUT2D eigenvalue weighted by atomic mass is 16.2. The highest BCUT2D eigenvalue weighted by molar-refractivity contribution is 5.94. The Hall–Kier alpha value is -3.50. The first-order valence-electron chi connectivity index (χ1n) is 12.5. The number of aryl methyl sites for hydroxylation is 1. The van der Waals surface area contributed by atoms with Gasteiger partial charge in [0.25, 0.3) is 5.91 Å². The normalized spacial score (nSPS) is 12.0. The van der Waals surface area contributed by atoms with Crippen molar-refractivity contribution in [1.82, 2.24) is 9.88 Å². The molecule has 1 heterocycles. The van der Waals surface area contributed by atoms with E-state index in [0.717, 1.165) is 47.0 Å². The third-order valence-corrected chi connectivity index (χ3v) is 6.42. The fourth-order valence-corrected chi connectivity index (χ4v) is 4.55. The van der Waals surface area contributed by atoms with Crippen LogP contribution in [0.4, 0.5) is 0 Å². The molecule has 1 aromatic heterocycles. The first-order valence-corrected chi connectivity index (χ1v) is 12.5. The third-order valence-electron chi connectivity index (χ3n) is 6.42. The number of benzene rings is 3. The molecule has 0 fully saturated rings. The number of carbonyl (C=O) groups excluding carboxylic acids is 1. The molecule has 0 saturated heterocycles. The second-order valence-corrected chi connectivity index (χ2v) is 9.52. The number of hydrogen-bond acceptors (Lipinski definition) is 3. The molecule has 4 heteroatoms. The summed E-state index contributed by atoms with van der Waals surface area (Å²) in [5.74, 6) is 0.326. The van der Waals surface area contributed by atoms with Crippen molar-refractivity contribution in [3.05, 3.63) is 113 Å². The summed E-state index contributed by atoms with van der Waals surface area (Å²) < 4.78 is 0. The molecule has 4 rings (SSSR count). The average Bonchev–Trinajstić information content (AvgIpc) is 2.87. The van der Waals surface area contributed by atoms with Gasteiger partial charge in [-0.2, -0.15) is 0 Å². The zero-order valence-electron chi connectivity index (χ0n) is 20.8. The number of aromatic nitrogens is 1. The number of pyridine rings is 1. The topological polar surface area (TPSA) is 59.2 Å². The van der Waals surface area contributed by atoms with Gasteiger partial charge in [-0.15, -0.1) is 0 Å². The summed E-state index contributed by atoms with van der Waals surface area (Å²) in [6.07, 6.45) is 2.45. The number of nitrogens with two attached hydrogens (primary N) is 1. The van der Waals surface area contributed by atoms with Crippen molar-refractivity contribution in [2.24, 2.45) is 11.7 Å². The second-order valence-electron chi connectivity index (χ2n) is 9.52. The SMILES string of the molecule is Cc1ccc(C(=O)N(CCCN)CC(C)Cc2nc3ccccc3cc2Cc2ccccc2)cc1. The maximum atomic E-state index is 13.3. The van der Waals surface area contributed by atoms with Gasteiger partial charge in [-0.05, 0) is 74.0 Å². The molecule has 180 valence electrons. The number of nitrogens with zero attached hydrogens (tertiary/aromatic N) is 2. The van der Waals surface area contributed by atoms with E-state index in [2.05, 4.69) is 55.5 Å². The molecular formula is C31H35N3O. The Balaban J connectivity index is 1.56. The highest BCUT2D eigenvalue weighted by Gasteiger charge is 2.20. The Morgan fingerprint density at radius 2 is 1.69 bits per heavy atom. The maximum Gasteiger partial charge on any atom is 0.253 e. The molecule has 0 bridgehead atoms. The van der Waals surface area contributed by atoms with Crippen LogP contribution in [0.25, 0.3) is 10.9 Å². The van der Waals surface area contributed by atoms with Crippen molar-refractivity contribution >= 4 is 16.8 Å². The van der Waals surface area contributed by atoms with Crippen LogP contribution in [-0.4, -0.2) is 35.4 Å². The van der Waals surface area contributed by atoms with Crippen molar-refractivity contribution in [2.45, 2.75) is 33.1 Å². The smallest absolute Gasteiger partial charge is 0.253 e. The van der Waals surface area contributed by atoms with Crippen LogP contribution in [-0.2, 0) is 12.8 Å². The fourth-order valence-electron chi connectivity index (χ4n) is 4.55. The van der Waals surface area contributed by atoms with Gasteiger partial charge in [0.05, 0.1) is 5.52 Å². The molecule has 3 aromatic carbocycles. The van der Waals surface area contributed by atoms with E-state index in [1.807, 2.05) is 48.2 Å². The van der Waals surface area contributed by atoms with Crippen LogP contribution in [0.2, 0.25) is 0 Å². The second kappa shape index (κ2) is 11.8. The Kier molecular flexibility index (Phi) is 8.27. The summed E-state index contributed by atoms with van der Waals surface area (Å²) in [6, 6.07) is 28.9. The Morgan fingerprint density at radius 1 is 0.971 bits per heavy atom. The molecule has 4 aromatic rings. The van der Waals surface area contributed by atoms with E-state index < -0.39 is 0 Å². The predicted molar refractivity (Wildman–Crippen MR) is 145 cm³/mol. The number of amides is 1. The lowest BCUT2D eigenvalue weighted by molar-refractivity contribution is 0.0730. The number of fused-ring (bicyclic) bond motifs is 1. The summed E-state index contributed by atoms with van der Waals surface area (Å²) in [7, 11) is 0. The Labute approximate surface area is 208 Å². The van der Waals surface area contributed by atoms with Gasteiger partial charge in [0.15, 0.2) is 0 Å².